The molecule has 3 N–H and O–H groups in total. The summed E-state index contributed by atoms with van der Waals surface area (Å²) in [7, 11) is 1.96. The summed E-state index contributed by atoms with van der Waals surface area (Å²) in [5.41, 5.74) is 5.34. The Balaban J connectivity index is 1.78. The Morgan fingerprint density at radius 2 is 2.37 bits per heavy atom. The summed E-state index contributed by atoms with van der Waals surface area (Å²) in [6, 6.07) is 4.49. The van der Waals surface area contributed by atoms with Crippen LogP contribution in [-0.4, -0.2) is 37.0 Å². The highest BCUT2D eigenvalue weighted by atomic mass is 32.1. The zero-order chi connectivity index (χ0) is 13.7. The predicted octanol–water partition coefficient (Wildman–Crippen LogP) is 0.769. The largest absolute Gasteiger partial charge is 0.352 e. The van der Waals surface area contributed by atoms with Gasteiger partial charge in [0.25, 0.3) is 0 Å². The number of thiophene rings is 1. The number of nitrogens with two attached hydrogens (primary N) is 1. The summed E-state index contributed by atoms with van der Waals surface area (Å²) in [5, 5.41) is 2.99. The first-order valence-corrected chi connectivity index (χ1v) is 7.24. The van der Waals surface area contributed by atoms with Gasteiger partial charge in [-0.3, -0.25) is 9.69 Å². The SMILES string of the molecule is CN(CC(=O)NC1CC1)Cc1ccc(C#CCN)s1. The minimum atomic E-state index is 0.115. The second-order valence-corrected chi connectivity index (χ2v) is 5.95. The number of carbonyl (C=O) groups excluding carboxylic acids is 1. The Labute approximate surface area is 118 Å². The Hall–Kier alpha value is -1.35. The molecule has 19 heavy (non-hydrogen) atoms. The lowest BCUT2D eigenvalue weighted by atomic mass is 10.4. The van der Waals surface area contributed by atoms with Crippen LogP contribution in [0.3, 0.4) is 0 Å². The molecule has 2 rings (SSSR count). The molecule has 0 spiro atoms. The molecule has 1 aromatic heterocycles. The van der Waals surface area contributed by atoms with Crippen molar-refractivity contribution < 1.29 is 4.79 Å². The number of amides is 1. The standard InChI is InChI=1S/C14H19N3OS/c1-17(10-14(18)16-11-4-5-11)9-13-7-6-12(19-13)3-2-8-15/h6-7,11H,4-5,8-10,15H2,1H3,(H,16,18). The highest BCUT2D eigenvalue weighted by molar-refractivity contribution is 7.12. The van der Waals surface area contributed by atoms with Gasteiger partial charge in [-0.25, -0.2) is 0 Å². The molecule has 4 nitrogen and oxygen atoms in total. The van der Waals surface area contributed by atoms with Crippen molar-refractivity contribution in [2.75, 3.05) is 20.1 Å². The van der Waals surface area contributed by atoms with E-state index in [1.165, 1.54) is 4.88 Å². The molecule has 0 aliphatic heterocycles. The summed E-state index contributed by atoms with van der Waals surface area (Å²) in [5.74, 6) is 5.98. The van der Waals surface area contributed by atoms with E-state index in [1.54, 1.807) is 11.3 Å². The normalized spacial score (nSPS) is 14.1. The number of nitrogens with one attached hydrogen (secondary N) is 1. The Morgan fingerprint density at radius 1 is 1.58 bits per heavy atom. The molecule has 5 heteroatoms. The maximum Gasteiger partial charge on any atom is 0.234 e. The van der Waals surface area contributed by atoms with Gasteiger partial charge >= 0.3 is 0 Å². The van der Waals surface area contributed by atoms with Crippen molar-refractivity contribution >= 4 is 17.2 Å². The Bertz CT molecular complexity index is 496. The Kier molecular flexibility index (Phi) is 4.97. The molecule has 1 aliphatic carbocycles. The number of hydrogen-bond donors (Lipinski definition) is 2. The number of likely N-dealkylation sites (N-methyl/N-ethyl adjacent to an activating group) is 1. The van der Waals surface area contributed by atoms with Gasteiger partial charge in [0.1, 0.15) is 0 Å². The molecule has 0 bridgehead atoms. The fourth-order valence-electron chi connectivity index (χ4n) is 1.74. The fraction of sp³-hybridized carbons (Fsp3) is 0.500. The molecular formula is C14H19N3OS. The van der Waals surface area contributed by atoms with Crippen molar-refractivity contribution in [3.05, 3.63) is 21.9 Å². The van der Waals surface area contributed by atoms with Gasteiger partial charge in [0, 0.05) is 17.5 Å². The van der Waals surface area contributed by atoms with Crippen LogP contribution in [0.4, 0.5) is 0 Å². The van der Waals surface area contributed by atoms with Crippen LogP contribution in [-0.2, 0) is 11.3 Å². The number of nitrogens with zero attached hydrogens (tertiary/aromatic N) is 1. The summed E-state index contributed by atoms with van der Waals surface area (Å²) in [6.07, 6.45) is 2.26. The third-order valence-corrected chi connectivity index (χ3v) is 3.74. The van der Waals surface area contributed by atoms with Gasteiger partial charge in [0.15, 0.2) is 0 Å². The maximum atomic E-state index is 11.7. The van der Waals surface area contributed by atoms with Gasteiger partial charge in [0.05, 0.1) is 18.0 Å². The van der Waals surface area contributed by atoms with Gasteiger partial charge in [-0.05, 0) is 32.0 Å². The second kappa shape index (κ2) is 6.71. The highest BCUT2D eigenvalue weighted by Crippen LogP contribution is 2.19. The van der Waals surface area contributed by atoms with Crippen LogP contribution in [0.5, 0.6) is 0 Å². The summed E-state index contributed by atoms with van der Waals surface area (Å²) in [6.45, 7) is 1.60. The van der Waals surface area contributed by atoms with E-state index < -0.39 is 0 Å². The predicted molar refractivity (Wildman–Crippen MR) is 77.8 cm³/mol. The third-order valence-electron chi connectivity index (χ3n) is 2.76. The minimum Gasteiger partial charge on any atom is -0.352 e. The lowest BCUT2D eigenvalue weighted by molar-refractivity contribution is -0.122. The van der Waals surface area contributed by atoms with E-state index >= 15 is 0 Å². The molecule has 0 unspecified atom stereocenters. The van der Waals surface area contributed by atoms with E-state index in [-0.39, 0.29) is 5.91 Å². The molecule has 1 fully saturated rings. The third kappa shape index (κ3) is 5.03. The molecule has 0 radical (unpaired) electrons. The number of rotatable bonds is 5. The molecule has 0 aromatic carbocycles. The number of hydrogen-bond acceptors (Lipinski definition) is 4. The molecule has 1 saturated carbocycles. The molecule has 0 saturated heterocycles. The highest BCUT2D eigenvalue weighted by Gasteiger charge is 2.23. The average molecular weight is 277 g/mol. The van der Waals surface area contributed by atoms with Gasteiger partial charge in [0.2, 0.25) is 5.91 Å². The van der Waals surface area contributed by atoms with Crippen molar-refractivity contribution in [2.24, 2.45) is 5.73 Å². The van der Waals surface area contributed by atoms with Gasteiger partial charge in [-0.1, -0.05) is 11.8 Å². The smallest absolute Gasteiger partial charge is 0.234 e. The molecule has 102 valence electrons. The summed E-state index contributed by atoms with van der Waals surface area (Å²) >= 11 is 1.65. The van der Waals surface area contributed by atoms with Crippen molar-refractivity contribution in [3.63, 3.8) is 0 Å². The van der Waals surface area contributed by atoms with Gasteiger partial charge in [-0.15, -0.1) is 11.3 Å². The monoisotopic (exact) mass is 277 g/mol. The van der Waals surface area contributed by atoms with E-state index in [0.29, 0.717) is 19.1 Å². The number of carbonyl (C=O) groups is 1. The topological polar surface area (TPSA) is 58.4 Å². The van der Waals surface area contributed by atoms with Crippen LogP contribution in [0.1, 0.15) is 22.6 Å². The van der Waals surface area contributed by atoms with Gasteiger partial charge in [-0.2, -0.15) is 0 Å². The van der Waals surface area contributed by atoms with Crippen LogP contribution in [0, 0.1) is 11.8 Å². The molecule has 1 aliphatic rings. The van der Waals surface area contributed by atoms with Crippen LogP contribution < -0.4 is 11.1 Å². The van der Waals surface area contributed by atoms with Crippen molar-refractivity contribution in [1.82, 2.24) is 10.2 Å². The first-order chi connectivity index (χ1) is 9.17. The van der Waals surface area contributed by atoms with Crippen LogP contribution in [0.15, 0.2) is 12.1 Å². The second-order valence-electron chi connectivity index (χ2n) is 4.79. The fourth-order valence-corrected chi connectivity index (χ4v) is 2.70. The van der Waals surface area contributed by atoms with E-state index in [0.717, 1.165) is 24.3 Å². The maximum absolute atomic E-state index is 11.7. The molecule has 1 heterocycles. The zero-order valence-electron chi connectivity index (χ0n) is 11.1. The first-order valence-electron chi connectivity index (χ1n) is 6.43. The van der Waals surface area contributed by atoms with Gasteiger partial charge < -0.3 is 11.1 Å². The van der Waals surface area contributed by atoms with E-state index in [9.17, 15) is 4.79 Å². The summed E-state index contributed by atoms with van der Waals surface area (Å²) in [4.78, 5) is 15.9. The van der Waals surface area contributed by atoms with Crippen molar-refractivity contribution in [3.8, 4) is 11.8 Å². The average Bonchev–Trinajstić information content (AvgIpc) is 3.04. The molecule has 1 aromatic rings. The van der Waals surface area contributed by atoms with E-state index in [1.807, 2.05) is 18.0 Å². The quantitative estimate of drug-likeness (QED) is 0.782. The van der Waals surface area contributed by atoms with Crippen molar-refractivity contribution in [2.45, 2.75) is 25.4 Å². The lowest BCUT2D eigenvalue weighted by Crippen LogP contribution is -2.35. The van der Waals surface area contributed by atoms with Crippen molar-refractivity contribution in [1.29, 1.82) is 0 Å². The minimum absolute atomic E-state index is 0.115. The van der Waals surface area contributed by atoms with E-state index in [4.69, 9.17) is 5.73 Å². The Morgan fingerprint density at radius 3 is 3.05 bits per heavy atom. The lowest BCUT2D eigenvalue weighted by Gasteiger charge is -2.14. The zero-order valence-corrected chi connectivity index (χ0v) is 11.9. The summed E-state index contributed by atoms with van der Waals surface area (Å²) < 4.78 is 0. The first kappa shape index (κ1) is 14.1. The van der Waals surface area contributed by atoms with Crippen LogP contribution in [0.2, 0.25) is 0 Å². The molecular weight excluding hydrogens is 258 g/mol. The van der Waals surface area contributed by atoms with Crippen LogP contribution >= 0.6 is 11.3 Å². The molecule has 0 atom stereocenters. The molecule has 1 amide bonds. The van der Waals surface area contributed by atoms with Crippen LogP contribution in [0.25, 0.3) is 0 Å². The van der Waals surface area contributed by atoms with E-state index in [2.05, 4.69) is 23.2 Å².